The minimum absolute atomic E-state index is 0.0747. The summed E-state index contributed by atoms with van der Waals surface area (Å²) in [5.74, 6) is 1.49. The van der Waals surface area contributed by atoms with E-state index in [1.165, 1.54) is 12.8 Å². The van der Waals surface area contributed by atoms with E-state index in [4.69, 9.17) is 11.6 Å². The molecule has 0 aromatic carbocycles. The van der Waals surface area contributed by atoms with Gasteiger partial charge in [0.05, 0.1) is 5.38 Å². The van der Waals surface area contributed by atoms with Crippen LogP contribution in [-0.2, 0) is 4.79 Å². The summed E-state index contributed by atoms with van der Waals surface area (Å²) in [6.45, 7) is 7.11. The molecule has 3 atom stereocenters. The van der Waals surface area contributed by atoms with Crippen molar-refractivity contribution in [3.8, 4) is 0 Å². The van der Waals surface area contributed by atoms with E-state index in [1.807, 2.05) is 0 Å². The van der Waals surface area contributed by atoms with Crippen molar-refractivity contribution in [1.82, 2.24) is 5.32 Å². The van der Waals surface area contributed by atoms with Gasteiger partial charge in [-0.1, -0.05) is 40.0 Å². The van der Waals surface area contributed by atoms with Crippen molar-refractivity contribution >= 4 is 17.5 Å². The summed E-state index contributed by atoms with van der Waals surface area (Å²) >= 11 is 6.32. The summed E-state index contributed by atoms with van der Waals surface area (Å²) in [4.78, 5) is 12.0. The van der Waals surface area contributed by atoms with Gasteiger partial charge in [-0.15, -0.1) is 11.6 Å². The standard InChI is InChI=1S/C14H26ClNO/c1-4-11(5-2)13(15)9-16-14(17)12-8-6-7-10(12)3/h10-13H,4-9H2,1-3H3,(H,16,17). The Morgan fingerprint density at radius 2 is 2.00 bits per heavy atom. The average molecular weight is 260 g/mol. The zero-order valence-electron chi connectivity index (χ0n) is 11.3. The Hall–Kier alpha value is -0.240. The van der Waals surface area contributed by atoms with Crippen molar-refractivity contribution in [3.63, 3.8) is 0 Å². The minimum Gasteiger partial charge on any atom is -0.354 e. The van der Waals surface area contributed by atoms with Gasteiger partial charge in [-0.3, -0.25) is 4.79 Å². The Kier molecular flexibility index (Phi) is 6.32. The molecular formula is C14H26ClNO. The van der Waals surface area contributed by atoms with Gasteiger partial charge in [-0.25, -0.2) is 0 Å². The first-order chi connectivity index (χ1) is 8.10. The van der Waals surface area contributed by atoms with Crippen LogP contribution in [0.4, 0.5) is 0 Å². The first-order valence-electron chi connectivity index (χ1n) is 7.01. The van der Waals surface area contributed by atoms with Crippen molar-refractivity contribution in [1.29, 1.82) is 0 Å². The first kappa shape index (κ1) is 14.8. The normalized spacial score (nSPS) is 26.2. The lowest BCUT2D eigenvalue weighted by atomic mass is 9.96. The van der Waals surface area contributed by atoms with Gasteiger partial charge < -0.3 is 5.32 Å². The van der Waals surface area contributed by atoms with E-state index in [-0.39, 0.29) is 17.2 Å². The monoisotopic (exact) mass is 259 g/mol. The molecule has 0 aromatic rings. The highest BCUT2D eigenvalue weighted by Gasteiger charge is 2.30. The lowest BCUT2D eigenvalue weighted by Gasteiger charge is -2.21. The number of carbonyl (C=O) groups is 1. The summed E-state index contributed by atoms with van der Waals surface area (Å²) in [6.07, 6.45) is 5.59. The molecule has 1 fully saturated rings. The third-order valence-corrected chi connectivity index (χ3v) is 4.74. The molecule has 1 N–H and O–H groups in total. The molecule has 0 spiro atoms. The quantitative estimate of drug-likeness (QED) is 0.726. The third-order valence-electron chi connectivity index (χ3n) is 4.23. The summed E-state index contributed by atoms with van der Waals surface area (Å²) in [7, 11) is 0. The van der Waals surface area contributed by atoms with Crippen LogP contribution in [0.25, 0.3) is 0 Å². The van der Waals surface area contributed by atoms with Gasteiger partial charge in [-0.2, -0.15) is 0 Å². The fourth-order valence-electron chi connectivity index (χ4n) is 2.83. The molecule has 2 nitrogen and oxygen atoms in total. The molecule has 3 unspecified atom stereocenters. The van der Waals surface area contributed by atoms with Crippen molar-refractivity contribution in [2.45, 2.75) is 58.3 Å². The van der Waals surface area contributed by atoms with E-state index in [1.54, 1.807) is 0 Å². The second kappa shape index (κ2) is 7.25. The molecule has 17 heavy (non-hydrogen) atoms. The molecule has 0 aromatic heterocycles. The Morgan fingerprint density at radius 3 is 2.47 bits per heavy atom. The van der Waals surface area contributed by atoms with E-state index in [0.29, 0.717) is 18.4 Å². The predicted octanol–water partition coefficient (Wildman–Crippen LogP) is 3.58. The van der Waals surface area contributed by atoms with Gasteiger partial charge in [0.1, 0.15) is 0 Å². The van der Waals surface area contributed by atoms with Gasteiger partial charge >= 0.3 is 0 Å². The van der Waals surface area contributed by atoms with Crippen molar-refractivity contribution in [2.75, 3.05) is 6.54 Å². The van der Waals surface area contributed by atoms with Crippen molar-refractivity contribution in [2.24, 2.45) is 17.8 Å². The summed E-state index contributed by atoms with van der Waals surface area (Å²) in [5, 5.41) is 3.11. The number of hydrogen-bond donors (Lipinski definition) is 1. The van der Waals surface area contributed by atoms with Crippen molar-refractivity contribution < 1.29 is 4.79 Å². The molecule has 0 bridgehead atoms. The highest BCUT2D eigenvalue weighted by atomic mass is 35.5. The number of nitrogens with one attached hydrogen (secondary N) is 1. The molecule has 1 aliphatic carbocycles. The molecule has 0 radical (unpaired) electrons. The second-order valence-electron chi connectivity index (χ2n) is 5.35. The SMILES string of the molecule is CCC(CC)C(Cl)CNC(=O)C1CCCC1C. The van der Waals surface area contributed by atoms with Crippen LogP contribution in [0.3, 0.4) is 0 Å². The van der Waals surface area contributed by atoms with Gasteiger partial charge in [0.15, 0.2) is 0 Å². The van der Waals surface area contributed by atoms with E-state index in [9.17, 15) is 4.79 Å². The van der Waals surface area contributed by atoms with Crippen LogP contribution < -0.4 is 5.32 Å². The maximum Gasteiger partial charge on any atom is 0.223 e. The fraction of sp³-hybridized carbons (Fsp3) is 0.929. The molecule has 1 amide bonds. The number of hydrogen-bond acceptors (Lipinski definition) is 1. The van der Waals surface area contributed by atoms with Crippen LogP contribution in [0.1, 0.15) is 52.9 Å². The van der Waals surface area contributed by atoms with E-state index in [0.717, 1.165) is 19.3 Å². The number of alkyl halides is 1. The Morgan fingerprint density at radius 1 is 1.35 bits per heavy atom. The molecule has 100 valence electrons. The number of halogens is 1. The van der Waals surface area contributed by atoms with Crippen LogP contribution in [0.2, 0.25) is 0 Å². The van der Waals surface area contributed by atoms with E-state index < -0.39 is 0 Å². The predicted molar refractivity (Wildman–Crippen MR) is 73.2 cm³/mol. The van der Waals surface area contributed by atoms with E-state index >= 15 is 0 Å². The smallest absolute Gasteiger partial charge is 0.223 e. The molecule has 3 heteroatoms. The highest BCUT2D eigenvalue weighted by Crippen LogP contribution is 2.31. The number of carbonyl (C=O) groups excluding carboxylic acids is 1. The number of rotatable bonds is 6. The molecule has 1 rings (SSSR count). The zero-order chi connectivity index (χ0) is 12.8. The Bertz CT molecular complexity index is 240. The molecule has 1 aliphatic rings. The molecule has 0 aliphatic heterocycles. The molecule has 1 saturated carbocycles. The number of amides is 1. The largest absolute Gasteiger partial charge is 0.354 e. The van der Waals surface area contributed by atoms with Crippen LogP contribution >= 0.6 is 11.6 Å². The van der Waals surface area contributed by atoms with Gasteiger partial charge in [0.2, 0.25) is 5.91 Å². The zero-order valence-corrected chi connectivity index (χ0v) is 12.1. The van der Waals surface area contributed by atoms with Crippen LogP contribution in [0, 0.1) is 17.8 Å². The van der Waals surface area contributed by atoms with Crippen LogP contribution in [0.5, 0.6) is 0 Å². The maximum absolute atomic E-state index is 12.0. The van der Waals surface area contributed by atoms with Crippen molar-refractivity contribution in [3.05, 3.63) is 0 Å². The lowest BCUT2D eigenvalue weighted by Crippen LogP contribution is -2.37. The van der Waals surface area contributed by atoms with Crippen LogP contribution in [-0.4, -0.2) is 17.8 Å². The molecular weight excluding hydrogens is 234 g/mol. The highest BCUT2D eigenvalue weighted by molar-refractivity contribution is 6.21. The minimum atomic E-state index is 0.0747. The second-order valence-corrected chi connectivity index (χ2v) is 5.91. The third kappa shape index (κ3) is 4.17. The Labute approximate surface area is 110 Å². The van der Waals surface area contributed by atoms with E-state index in [2.05, 4.69) is 26.1 Å². The average Bonchev–Trinajstić information content (AvgIpc) is 2.74. The van der Waals surface area contributed by atoms with Gasteiger partial charge in [0.25, 0.3) is 0 Å². The van der Waals surface area contributed by atoms with Crippen LogP contribution in [0.15, 0.2) is 0 Å². The summed E-state index contributed by atoms with van der Waals surface area (Å²) in [5.41, 5.74) is 0. The summed E-state index contributed by atoms with van der Waals surface area (Å²) < 4.78 is 0. The van der Waals surface area contributed by atoms with Gasteiger partial charge in [-0.05, 0) is 24.7 Å². The summed E-state index contributed by atoms with van der Waals surface area (Å²) in [6, 6.07) is 0. The fourth-order valence-corrected chi connectivity index (χ4v) is 3.26. The maximum atomic E-state index is 12.0. The van der Waals surface area contributed by atoms with Gasteiger partial charge in [0, 0.05) is 12.5 Å². The lowest BCUT2D eigenvalue weighted by molar-refractivity contribution is -0.125. The topological polar surface area (TPSA) is 29.1 Å². The molecule has 0 heterocycles. The first-order valence-corrected chi connectivity index (χ1v) is 7.45. The Balaban J connectivity index is 2.32. The molecule has 0 saturated heterocycles.